The maximum atomic E-state index is 10.5. The molecule has 1 aromatic heterocycles. The molecule has 0 N–H and O–H groups in total. The standard InChI is InChI=1S/C13H17BClNO3/c1-12(2)13(3,4)19-14(18-12)10-6-5-9(7-8-17)16-11(10)15/h5-6,8H,7H2,1-4H3. The van der Waals surface area contributed by atoms with Crippen LogP contribution in [-0.2, 0) is 20.5 Å². The molecule has 0 amide bonds. The molecule has 1 saturated heterocycles. The highest BCUT2D eigenvalue weighted by Crippen LogP contribution is 2.36. The lowest BCUT2D eigenvalue weighted by Gasteiger charge is -2.32. The minimum atomic E-state index is -0.532. The van der Waals surface area contributed by atoms with E-state index >= 15 is 0 Å². The Morgan fingerprint density at radius 3 is 2.32 bits per heavy atom. The topological polar surface area (TPSA) is 48.4 Å². The van der Waals surface area contributed by atoms with Crippen LogP contribution in [0.1, 0.15) is 33.4 Å². The first-order valence-corrected chi connectivity index (χ1v) is 6.59. The van der Waals surface area contributed by atoms with E-state index < -0.39 is 18.3 Å². The molecular weight excluding hydrogens is 264 g/mol. The minimum Gasteiger partial charge on any atom is -0.399 e. The van der Waals surface area contributed by atoms with E-state index in [1.54, 1.807) is 12.1 Å². The van der Waals surface area contributed by atoms with Crippen molar-refractivity contribution < 1.29 is 14.1 Å². The zero-order valence-electron chi connectivity index (χ0n) is 11.6. The van der Waals surface area contributed by atoms with Crippen molar-refractivity contribution in [2.45, 2.75) is 45.3 Å². The van der Waals surface area contributed by atoms with Gasteiger partial charge in [-0.1, -0.05) is 17.7 Å². The van der Waals surface area contributed by atoms with E-state index in [0.29, 0.717) is 16.3 Å². The number of carbonyl (C=O) groups excluding carboxylic acids is 1. The molecule has 1 aromatic rings. The van der Waals surface area contributed by atoms with Gasteiger partial charge in [0.2, 0.25) is 0 Å². The van der Waals surface area contributed by atoms with Crippen LogP contribution >= 0.6 is 11.6 Å². The molecule has 0 unspecified atom stereocenters. The summed E-state index contributed by atoms with van der Waals surface area (Å²) < 4.78 is 11.8. The summed E-state index contributed by atoms with van der Waals surface area (Å²) >= 11 is 6.14. The van der Waals surface area contributed by atoms with Crippen LogP contribution in [0.25, 0.3) is 0 Å². The van der Waals surface area contributed by atoms with Crippen molar-refractivity contribution in [3.63, 3.8) is 0 Å². The van der Waals surface area contributed by atoms with E-state index in [9.17, 15) is 4.79 Å². The zero-order valence-corrected chi connectivity index (χ0v) is 12.3. The van der Waals surface area contributed by atoms with Crippen molar-refractivity contribution in [2.75, 3.05) is 0 Å². The van der Waals surface area contributed by atoms with Gasteiger partial charge in [-0.15, -0.1) is 0 Å². The van der Waals surface area contributed by atoms with E-state index in [1.807, 2.05) is 27.7 Å². The van der Waals surface area contributed by atoms with Crippen LogP contribution in [0.2, 0.25) is 5.15 Å². The Labute approximate surface area is 118 Å². The third-order valence-electron chi connectivity index (χ3n) is 3.73. The molecular formula is C13H17BClNO3. The van der Waals surface area contributed by atoms with Crippen LogP contribution in [0, 0.1) is 0 Å². The normalized spacial score (nSPS) is 20.6. The van der Waals surface area contributed by atoms with Crippen LogP contribution in [-0.4, -0.2) is 29.6 Å². The van der Waals surface area contributed by atoms with Gasteiger partial charge >= 0.3 is 7.12 Å². The van der Waals surface area contributed by atoms with Gasteiger partial charge in [0.15, 0.2) is 0 Å². The molecule has 0 bridgehead atoms. The molecule has 0 aliphatic carbocycles. The van der Waals surface area contributed by atoms with E-state index in [1.165, 1.54) is 0 Å². The van der Waals surface area contributed by atoms with E-state index in [2.05, 4.69) is 4.98 Å². The Morgan fingerprint density at radius 2 is 1.84 bits per heavy atom. The Hall–Kier alpha value is -0.905. The summed E-state index contributed by atoms with van der Waals surface area (Å²) in [5.74, 6) is 0. The molecule has 0 radical (unpaired) electrons. The molecule has 1 aliphatic heterocycles. The van der Waals surface area contributed by atoms with Gasteiger partial charge in [0.25, 0.3) is 0 Å². The Kier molecular flexibility index (Phi) is 3.73. The minimum absolute atomic E-state index is 0.253. The maximum Gasteiger partial charge on any atom is 0.498 e. The van der Waals surface area contributed by atoms with Gasteiger partial charge in [0.05, 0.1) is 11.2 Å². The van der Waals surface area contributed by atoms with Gasteiger partial charge in [0.1, 0.15) is 11.4 Å². The number of rotatable bonds is 3. The fraction of sp³-hybridized carbons (Fsp3) is 0.538. The van der Waals surface area contributed by atoms with Crippen molar-refractivity contribution in [3.8, 4) is 0 Å². The van der Waals surface area contributed by atoms with E-state index in [0.717, 1.165) is 6.29 Å². The van der Waals surface area contributed by atoms with Crippen LogP contribution in [0.15, 0.2) is 12.1 Å². The van der Waals surface area contributed by atoms with Gasteiger partial charge in [-0.2, -0.15) is 0 Å². The number of nitrogens with zero attached hydrogens (tertiary/aromatic N) is 1. The number of hydrogen-bond donors (Lipinski definition) is 0. The fourth-order valence-electron chi connectivity index (χ4n) is 1.83. The molecule has 0 saturated carbocycles. The summed E-state index contributed by atoms with van der Waals surface area (Å²) in [6, 6.07) is 3.57. The molecule has 2 heterocycles. The van der Waals surface area contributed by atoms with Crippen LogP contribution < -0.4 is 5.46 Å². The highest BCUT2D eigenvalue weighted by molar-refractivity contribution is 6.65. The SMILES string of the molecule is CC1(C)OB(c2ccc(CC=O)nc2Cl)OC1(C)C. The van der Waals surface area contributed by atoms with Crippen molar-refractivity contribution in [3.05, 3.63) is 23.0 Å². The fourth-order valence-corrected chi connectivity index (χ4v) is 2.09. The van der Waals surface area contributed by atoms with Crippen molar-refractivity contribution >= 4 is 30.5 Å². The molecule has 19 heavy (non-hydrogen) atoms. The van der Waals surface area contributed by atoms with Gasteiger partial charge < -0.3 is 14.1 Å². The summed E-state index contributed by atoms with van der Waals surface area (Å²) in [7, 11) is -0.532. The Morgan fingerprint density at radius 1 is 1.26 bits per heavy atom. The lowest BCUT2D eigenvalue weighted by atomic mass is 9.80. The molecule has 0 aromatic carbocycles. The predicted molar refractivity (Wildman–Crippen MR) is 74.7 cm³/mol. The predicted octanol–water partition coefficient (Wildman–Crippen LogP) is 1.78. The molecule has 1 aliphatic rings. The second-order valence-corrected chi connectivity index (χ2v) is 6.00. The number of hydrogen-bond acceptors (Lipinski definition) is 4. The van der Waals surface area contributed by atoms with Crippen LogP contribution in [0.4, 0.5) is 0 Å². The smallest absolute Gasteiger partial charge is 0.399 e. The van der Waals surface area contributed by atoms with E-state index in [4.69, 9.17) is 20.9 Å². The van der Waals surface area contributed by atoms with Gasteiger partial charge in [-0.3, -0.25) is 0 Å². The summed E-state index contributed by atoms with van der Waals surface area (Å²) in [5.41, 5.74) is 0.500. The summed E-state index contributed by atoms with van der Waals surface area (Å²) in [4.78, 5) is 14.6. The van der Waals surface area contributed by atoms with Gasteiger partial charge in [0, 0.05) is 17.6 Å². The van der Waals surface area contributed by atoms with Crippen molar-refractivity contribution in [1.82, 2.24) is 4.98 Å². The van der Waals surface area contributed by atoms with Crippen LogP contribution in [0.5, 0.6) is 0 Å². The van der Waals surface area contributed by atoms with Gasteiger partial charge in [-0.05, 0) is 33.8 Å². The van der Waals surface area contributed by atoms with Crippen molar-refractivity contribution in [1.29, 1.82) is 0 Å². The maximum absolute atomic E-state index is 10.5. The number of pyridine rings is 1. The summed E-state index contributed by atoms with van der Waals surface area (Å²) in [6.45, 7) is 7.92. The molecule has 0 atom stereocenters. The average Bonchev–Trinajstić information content (AvgIpc) is 2.48. The Bertz CT molecular complexity index is 489. The van der Waals surface area contributed by atoms with E-state index in [-0.39, 0.29) is 6.42 Å². The molecule has 4 nitrogen and oxygen atoms in total. The Balaban J connectivity index is 2.27. The zero-order chi connectivity index (χ0) is 14.3. The number of aldehydes is 1. The van der Waals surface area contributed by atoms with Gasteiger partial charge in [-0.25, -0.2) is 4.98 Å². The largest absolute Gasteiger partial charge is 0.498 e. The average molecular weight is 282 g/mol. The first-order chi connectivity index (χ1) is 8.77. The molecule has 2 rings (SSSR count). The highest BCUT2D eigenvalue weighted by Gasteiger charge is 2.52. The molecule has 1 fully saturated rings. The molecule has 102 valence electrons. The lowest BCUT2D eigenvalue weighted by molar-refractivity contribution is -0.107. The van der Waals surface area contributed by atoms with Crippen LogP contribution in [0.3, 0.4) is 0 Å². The number of halogens is 1. The van der Waals surface area contributed by atoms with Crippen molar-refractivity contribution in [2.24, 2.45) is 0 Å². The summed E-state index contributed by atoms with van der Waals surface area (Å²) in [5, 5.41) is 0.317. The second kappa shape index (κ2) is 4.89. The third kappa shape index (κ3) is 2.68. The first-order valence-electron chi connectivity index (χ1n) is 6.21. The quantitative estimate of drug-likeness (QED) is 0.481. The molecule has 6 heteroatoms. The highest BCUT2D eigenvalue weighted by atomic mass is 35.5. The lowest BCUT2D eigenvalue weighted by Crippen LogP contribution is -2.41. The summed E-state index contributed by atoms with van der Waals surface area (Å²) in [6.07, 6.45) is 1.05. The molecule has 0 spiro atoms. The number of aromatic nitrogens is 1. The third-order valence-corrected chi connectivity index (χ3v) is 4.04. The second-order valence-electron chi connectivity index (χ2n) is 5.64. The monoisotopic (exact) mass is 281 g/mol. The number of carbonyl (C=O) groups is 1. The first kappa shape index (κ1) is 14.5.